The topological polar surface area (TPSA) is 47.3 Å². The predicted octanol–water partition coefficient (Wildman–Crippen LogP) is 2.48. The van der Waals surface area contributed by atoms with Crippen molar-refractivity contribution in [1.82, 2.24) is 5.43 Å². The van der Waals surface area contributed by atoms with Gasteiger partial charge in [0, 0.05) is 6.42 Å². The molecule has 0 aromatic heterocycles. The lowest BCUT2D eigenvalue weighted by Crippen LogP contribution is -2.28. The molecule has 3 heteroatoms. The standard InChI is InChI=1S/C16H18N2O/c1-11-3-2-4-13(9-11)16(18-17)14-5-6-15-12(10-14)7-8-19-15/h2-6,9-10,16,18H,7-8,17H2,1H3. The molecule has 0 spiro atoms. The molecule has 1 aliphatic rings. The molecule has 0 saturated heterocycles. The van der Waals surface area contributed by atoms with E-state index < -0.39 is 0 Å². The number of nitrogens with two attached hydrogens (primary N) is 1. The highest BCUT2D eigenvalue weighted by Gasteiger charge is 2.17. The fourth-order valence-corrected chi connectivity index (χ4v) is 2.62. The van der Waals surface area contributed by atoms with Crippen molar-refractivity contribution in [3.8, 4) is 5.75 Å². The molecule has 1 heterocycles. The summed E-state index contributed by atoms with van der Waals surface area (Å²) in [4.78, 5) is 0. The maximum absolute atomic E-state index is 5.75. The van der Waals surface area contributed by atoms with Crippen LogP contribution >= 0.6 is 0 Å². The molecule has 1 atom stereocenters. The molecule has 3 N–H and O–H groups in total. The Morgan fingerprint density at radius 2 is 2.00 bits per heavy atom. The number of hydrazine groups is 1. The van der Waals surface area contributed by atoms with Crippen molar-refractivity contribution in [2.24, 2.45) is 5.84 Å². The first kappa shape index (κ1) is 12.2. The molecule has 0 saturated carbocycles. The van der Waals surface area contributed by atoms with Gasteiger partial charge in [0.25, 0.3) is 0 Å². The fraction of sp³-hybridized carbons (Fsp3) is 0.250. The van der Waals surface area contributed by atoms with Gasteiger partial charge in [0.15, 0.2) is 0 Å². The Bertz CT molecular complexity index is 595. The zero-order valence-corrected chi connectivity index (χ0v) is 11.0. The minimum absolute atomic E-state index is 0.0193. The highest BCUT2D eigenvalue weighted by atomic mass is 16.5. The van der Waals surface area contributed by atoms with Crippen LogP contribution in [0.3, 0.4) is 0 Å². The van der Waals surface area contributed by atoms with Crippen molar-refractivity contribution >= 4 is 0 Å². The van der Waals surface area contributed by atoms with Crippen molar-refractivity contribution < 1.29 is 4.74 Å². The van der Waals surface area contributed by atoms with Gasteiger partial charge in [0.2, 0.25) is 0 Å². The molecule has 0 aliphatic carbocycles. The first-order valence-corrected chi connectivity index (χ1v) is 6.56. The average molecular weight is 254 g/mol. The third-order valence-corrected chi connectivity index (χ3v) is 3.59. The summed E-state index contributed by atoms with van der Waals surface area (Å²) in [5, 5.41) is 0. The minimum Gasteiger partial charge on any atom is -0.493 e. The number of hydrogen-bond acceptors (Lipinski definition) is 3. The molecule has 3 nitrogen and oxygen atoms in total. The second-order valence-corrected chi connectivity index (χ2v) is 4.98. The number of nitrogens with one attached hydrogen (secondary N) is 1. The van der Waals surface area contributed by atoms with Gasteiger partial charge in [-0.1, -0.05) is 42.0 Å². The SMILES string of the molecule is Cc1cccc(C(NN)c2ccc3c(c2)CCO3)c1. The van der Waals surface area contributed by atoms with Crippen LogP contribution < -0.4 is 16.0 Å². The van der Waals surface area contributed by atoms with Gasteiger partial charge in [-0.3, -0.25) is 5.84 Å². The molecule has 3 rings (SSSR count). The summed E-state index contributed by atoms with van der Waals surface area (Å²) in [6.45, 7) is 2.87. The monoisotopic (exact) mass is 254 g/mol. The molecule has 2 aromatic carbocycles. The van der Waals surface area contributed by atoms with Gasteiger partial charge < -0.3 is 4.74 Å². The van der Waals surface area contributed by atoms with Crippen LogP contribution in [-0.2, 0) is 6.42 Å². The number of fused-ring (bicyclic) bond motifs is 1. The van der Waals surface area contributed by atoms with E-state index >= 15 is 0 Å². The largest absolute Gasteiger partial charge is 0.493 e. The molecular formula is C16H18N2O. The van der Waals surface area contributed by atoms with E-state index in [9.17, 15) is 0 Å². The Hall–Kier alpha value is -1.84. The zero-order chi connectivity index (χ0) is 13.2. The molecule has 1 unspecified atom stereocenters. The molecule has 2 aromatic rings. The highest BCUT2D eigenvalue weighted by molar-refractivity contribution is 5.43. The summed E-state index contributed by atoms with van der Waals surface area (Å²) in [6, 6.07) is 14.7. The average Bonchev–Trinajstić information content (AvgIpc) is 2.87. The predicted molar refractivity (Wildman–Crippen MR) is 76.0 cm³/mol. The summed E-state index contributed by atoms with van der Waals surface area (Å²) in [5.41, 5.74) is 7.78. The molecule has 0 amide bonds. The maximum Gasteiger partial charge on any atom is 0.122 e. The first-order valence-electron chi connectivity index (χ1n) is 6.56. The van der Waals surface area contributed by atoms with E-state index in [-0.39, 0.29) is 6.04 Å². The summed E-state index contributed by atoms with van der Waals surface area (Å²) in [6.07, 6.45) is 0.980. The van der Waals surface area contributed by atoms with E-state index in [2.05, 4.69) is 48.7 Å². The van der Waals surface area contributed by atoms with Gasteiger partial charge >= 0.3 is 0 Å². The Morgan fingerprint density at radius 3 is 2.79 bits per heavy atom. The lowest BCUT2D eigenvalue weighted by Gasteiger charge is -2.18. The summed E-state index contributed by atoms with van der Waals surface area (Å²) in [7, 11) is 0. The van der Waals surface area contributed by atoms with Crippen molar-refractivity contribution in [3.05, 3.63) is 64.7 Å². The maximum atomic E-state index is 5.75. The first-order chi connectivity index (χ1) is 9.28. The van der Waals surface area contributed by atoms with Crippen LogP contribution in [-0.4, -0.2) is 6.61 Å². The van der Waals surface area contributed by atoms with Crippen molar-refractivity contribution in [2.45, 2.75) is 19.4 Å². The Kier molecular flexibility index (Phi) is 3.23. The minimum atomic E-state index is 0.0193. The van der Waals surface area contributed by atoms with E-state index in [1.807, 2.05) is 6.07 Å². The summed E-state index contributed by atoms with van der Waals surface area (Å²) < 4.78 is 5.54. The fourth-order valence-electron chi connectivity index (χ4n) is 2.62. The van der Waals surface area contributed by atoms with Gasteiger partial charge in [-0.05, 0) is 29.7 Å². The van der Waals surface area contributed by atoms with Crippen LogP contribution in [0.5, 0.6) is 5.75 Å². The second-order valence-electron chi connectivity index (χ2n) is 4.98. The van der Waals surface area contributed by atoms with Gasteiger partial charge in [-0.2, -0.15) is 0 Å². The van der Waals surface area contributed by atoms with Gasteiger partial charge in [-0.25, -0.2) is 5.43 Å². The lowest BCUT2D eigenvalue weighted by molar-refractivity contribution is 0.357. The normalized spacial score (nSPS) is 14.8. The lowest BCUT2D eigenvalue weighted by atomic mass is 9.96. The van der Waals surface area contributed by atoms with Gasteiger partial charge in [0.1, 0.15) is 5.75 Å². The third kappa shape index (κ3) is 2.35. The van der Waals surface area contributed by atoms with Crippen LogP contribution in [0.1, 0.15) is 28.3 Å². The van der Waals surface area contributed by atoms with Crippen LogP contribution in [0.2, 0.25) is 0 Å². The Labute approximate surface area is 113 Å². The summed E-state index contributed by atoms with van der Waals surface area (Å²) >= 11 is 0. The molecule has 0 fully saturated rings. The number of rotatable bonds is 3. The molecule has 0 radical (unpaired) electrons. The van der Waals surface area contributed by atoms with E-state index in [0.717, 1.165) is 18.8 Å². The number of ether oxygens (including phenoxy) is 1. The summed E-state index contributed by atoms with van der Waals surface area (Å²) in [5.74, 6) is 6.75. The quantitative estimate of drug-likeness (QED) is 0.653. The second kappa shape index (κ2) is 5.03. The van der Waals surface area contributed by atoms with E-state index in [0.29, 0.717) is 0 Å². The Morgan fingerprint density at radius 1 is 1.16 bits per heavy atom. The molecule has 0 bridgehead atoms. The van der Waals surface area contributed by atoms with Crippen molar-refractivity contribution in [2.75, 3.05) is 6.61 Å². The number of hydrogen-bond donors (Lipinski definition) is 2. The van der Waals surface area contributed by atoms with E-state index in [1.165, 1.54) is 22.3 Å². The Balaban J connectivity index is 1.98. The van der Waals surface area contributed by atoms with Gasteiger partial charge in [-0.15, -0.1) is 0 Å². The highest BCUT2D eigenvalue weighted by Crippen LogP contribution is 2.30. The third-order valence-electron chi connectivity index (χ3n) is 3.59. The number of aryl methyl sites for hydroxylation is 1. The molecule has 19 heavy (non-hydrogen) atoms. The van der Waals surface area contributed by atoms with Crippen LogP contribution in [0.4, 0.5) is 0 Å². The smallest absolute Gasteiger partial charge is 0.122 e. The van der Waals surface area contributed by atoms with Crippen molar-refractivity contribution in [1.29, 1.82) is 0 Å². The van der Waals surface area contributed by atoms with Gasteiger partial charge in [0.05, 0.1) is 12.6 Å². The van der Waals surface area contributed by atoms with Crippen molar-refractivity contribution in [3.63, 3.8) is 0 Å². The van der Waals surface area contributed by atoms with E-state index in [4.69, 9.17) is 10.6 Å². The molecular weight excluding hydrogens is 236 g/mol. The van der Waals surface area contributed by atoms with Crippen LogP contribution in [0, 0.1) is 6.92 Å². The van der Waals surface area contributed by atoms with Crippen LogP contribution in [0.25, 0.3) is 0 Å². The van der Waals surface area contributed by atoms with E-state index in [1.54, 1.807) is 0 Å². The zero-order valence-electron chi connectivity index (χ0n) is 11.0. The molecule has 1 aliphatic heterocycles. The van der Waals surface area contributed by atoms with Crippen LogP contribution in [0.15, 0.2) is 42.5 Å². The molecule has 98 valence electrons. The number of benzene rings is 2.